The molecule has 2 rings (SSSR count). The quantitative estimate of drug-likeness (QED) is 0.771. The van der Waals surface area contributed by atoms with Gasteiger partial charge in [0, 0.05) is 19.8 Å². The SMILES string of the molecule is CCOC(=O)N(C)CCCC(C#N)(c1ccccc1)c1ccccn1. The Morgan fingerprint density at radius 2 is 1.96 bits per heavy atom. The van der Waals surface area contributed by atoms with Gasteiger partial charge in [-0.2, -0.15) is 5.26 Å². The first kappa shape index (κ1) is 18.5. The maximum Gasteiger partial charge on any atom is 0.409 e. The number of hydrogen-bond donors (Lipinski definition) is 0. The average Bonchev–Trinajstić information content (AvgIpc) is 2.67. The lowest BCUT2D eigenvalue weighted by Crippen LogP contribution is -2.32. The Hall–Kier alpha value is -2.87. The largest absolute Gasteiger partial charge is 0.450 e. The summed E-state index contributed by atoms with van der Waals surface area (Å²) in [5, 5.41) is 10.0. The summed E-state index contributed by atoms with van der Waals surface area (Å²) >= 11 is 0. The van der Waals surface area contributed by atoms with Gasteiger partial charge in [0.05, 0.1) is 18.4 Å². The number of carbonyl (C=O) groups is 1. The number of rotatable bonds is 7. The Morgan fingerprint density at radius 1 is 1.24 bits per heavy atom. The third-order valence-electron chi connectivity index (χ3n) is 4.18. The highest BCUT2D eigenvalue weighted by molar-refractivity contribution is 5.67. The number of ether oxygens (including phenoxy) is 1. The van der Waals surface area contributed by atoms with E-state index in [0.29, 0.717) is 26.0 Å². The lowest BCUT2D eigenvalue weighted by atomic mass is 9.75. The van der Waals surface area contributed by atoms with Crippen LogP contribution in [0.25, 0.3) is 0 Å². The van der Waals surface area contributed by atoms with Gasteiger partial charge >= 0.3 is 6.09 Å². The molecule has 0 saturated heterocycles. The number of nitrogens with zero attached hydrogens (tertiary/aromatic N) is 3. The highest BCUT2D eigenvalue weighted by Gasteiger charge is 2.35. The van der Waals surface area contributed by atoms with E-state index in [4.69, 9.17) is 4.74 Å². The monoisotopic (exact) mass is 337 g/mol. The van der Waals surface area contributed by atoms with Gasteiger partial charge in [-0.1, -0.05) is 36.4 Å². The van der Waals surface area contributed by atoms with Crippen LogP contribution < -0.4 is 0 Å². The minimum Gasteiger partial charge on any atom is -0.450 e. The summed E-state index contributed by atoms with van der Waals surface area (Å²) in [6.45, 7) is 2.65. The lowest BCUT2D eigenvalue weighted by molar-refractivity contribution is 0.115. The summed E-state index contributed by atoms with van der Waals surface area (Å²) in [4.78, 5) is 17.7. The zero-order chi connectivity index (χ0) is 18.1. The van der Waals surface area contributed by atoms with Crippen molar-refractivity contribution in [3.8, 4) is 6.07 Å². The number of carbonyl (C=O) groups excluding carboxylic acids is 1. The van der Waals surface area contributed by atoms with Crippen LogP contribution in [0.3, 0.4) is 0 Å². The van der Waals surface area contributed by atoms with Crippen LogP contribution in [0.1, 0.15) is 31.0 Å². The molecule has 1 atom stereocenters. The number of nitriles is 1. The molecule has 0 aliphatic heterocycles. The fraction of sp³-hybridized carbons (Fsp3) is 0.350. The summed E-state index contributed by atoms with van der Waals surface area (Å²) in [6, 6.07) is 17.8. The molecule has 0 radical (unpaired) electrons. The molecule has 0 N–H and O–H groups in total. The van der Waals surface area contributed by atoms with Gasteiger partial charge < -0.3 is 9.64 Å². The van der Waals surface area contributed by atoms with Crippen LogP contribution in [0.15, 0.2) is 54.7 Å². The van der Waals surface area contributed by atoms with Crippen LogP contribution in [0.4, 0.5) is 4.79 Å². The minimum atomic E-state index is -0.835. The minimum absolute atomic E-state index is 0.345. The van der Waals surface area contributed by atoms with Gasteiger partial charge in [-0.15, -0.1) is 0 Å². The number of amides is 1. The van der Waals surface area contributed by atoms with Crippen molar-refractivity contribution in [1.29, 1.82) is 5.26 Å². The van der Waals surface area contributed by atoms with Crippen molar-refractivity contribution in [2.24, 2.45) is 0 Å². The molecule has 1 unspecified atom stereocenters. The van der Waals surface area contributed by atoms with Crippen molar-refractivity contribution < 1.29 is 9.53 Å². The summed E-state index contributed by atoms with van der Waals surface area (Å²) < 4.78 is 4.99. The number of aromatic nitrogens is 1. The highest BCUT2D eigenvalue weighted by Crippen LogP contribution is 2.35. The molecule has 1 amide bonds. The number of benzene rings is 1. The molecule has 1 heterocycles. The molecule has 5 heteroatoms. The van der Waals surface area contributed by atoms with Crippen molar-refractivity contribution in [2.75, 3.05) is 20.2 Å². The van der Waals surface area contributed by atoms with Crippen molar-refractivity contribution in [2.45, 2.75) is 25.2 Å². The predicted molar refractivity (Wildman–Crippen MR) is 96.0 cm³/mol. The van der Waals surface area contributed by atoms with Crippen molar-refractivity contribution >= 4 is 6.09 Å². The van der Waals surface area contributed by atoms with Gasteiger partial charge in [0.1, 0.15) is 5.41 Å². The molecule has 0 aliphatic carbocycles. The first-order chi connectivity index (χ1) is 12.1. The van der Waals surface area contributed by atoms with E-state index >= 15 is 0 Å². The second-order valence-electron chi connectivity index (χ2n) is 5.82. The molecule has 2 aromatic rings. The highest BCUT2D eigenvalue weighted by atomic mass is 16.5. The normalized spacial score (nSPS) is 12.7. The maximum atomic E-state index is 11.7. The topological polar surface area (TPSA) is 66.2 Å². The Bertz CT molecular complexity index is 671. The summed E-state index contributed by atoms with van der Waals surface area (Å²) in [6.07, 6.45) is 2.58. The van der Waals surface area contributed by atoms with Crippen LogP contribution in [-0.2, 0) is 10.2 Å². The molecule has 0 aliphatic rings. The van der Waals surface area contributed by atoms with Gasteiger partial charge in [0.25, 0.3) is 0 Å². The third-order valence-corrected chi connectivity index (χ3v) is 4.18. The second-order valence-corrected chi connectivity index (χ2v) is 5.82. The van der Waals surface area contributed by atoms with E-state index in [1.54, 1.807) is 20.2 Å². The zero-order valence-corrected chi connectivity index (χ0v) is 14.7. The van der Waals surface area contributed by atoms with Crippen molar-refractivity contribution in [3.05, 3.63) is 66.0 Å². The average molecular weight is 337 g/mol. The Kier molecular flexibility index (Phi) is 6.53. The Labute approximate surface area is 148 Å². The van der Waals surface area contributed by atoms with Gasteiger partial charge in [-0.05, 0) is 37.5 Å². The Balaban J connectivity index is 2.22. The molecule has 0 fully saturated rings. The van der Waals surface area contributed by atoms with E-state index in [2.05, 4.69) is 11.1 Å². The van der Waals surface area contributed by atoms with Crippen molar-refractivity contribution in [3.63, 3.8) is 0 Å². The van der Waals surface area contributed by atoms with E-state index < -0.39 is 5.41 Å². The van der Waals surface area contributed by atoms with Crippen molar-refractivity contribution in [1.82, 2.24) is 9.88 Å². The van der Waals surface area contributed by atoms with Gasteiger partial charge in [0.2, 0.25) is 0 Å². The molecule has 0 bridgehead atoms. The van der Waals surface area contributed by atoms with Crippen LogP contribution in [-0.4, -0.2) is 36.2 Å². The molecule has 1 aromatic heterocycles. The van der Waals surface area contributed by atoms with E-state index in [1.165, 1.54) is 4.90 Å². The summed E-state index contributed by atoms with van der Waals surface area (Å²) in [5.74, 6) is 0. The first-order valence-electron chi connectivity index (χ1n) is 8.40. The van der Waals surface area contributed by atoms with Crippen LogP contribution in [0, 0.1) is 11.3 Å². The molecule has 25 heavy (non-hydrogen) atoms. The number of pyridine rings is 1. The third kappa shape index (κ3) is 4.36. The van der Waals surface area contributed by atoms with Gasteiger partial charge in [0.15, 0.2) is 0 Å². The molecule has 0 spiro atoms. The molecular formula is C20H23N3O2. The molecule has 0 saturated carbocycles. The second kappa shape index (κ2) is 8.84. The molecular weight excluding hydrogens is 314 g/mol. The predicted octanol–water partition coefficient (Wildman–Crippen LogP) is 3.76. The summed E-state index contributed by atoms with van der Waals surface area (Å²) in [7, 11) is 1.70. The van der Waals surface area contributed by atoms with E-state index in [1.807, 2.05) is 48.5 Å². The number of hydrogen-bond acceptors (Lipinski definition) is 4. The fourth-order valence-corrected chi connectivity index (χ4v) is 2.84. The fourth-order valence-electron chi connectivity index (χ4n) is 2.84. The first-order valence-corrected chi connectivity index (χ1v) is 8.40. The molecule has 130 valence electrons. The van der Waals surface area contributed by atoms with Gasteiger partial charge in [-0.3, -0.25) is 4.98 Å². The standard InChI is InChI=1S/C20H23N3O2/c1-3-25-19(24)23(2)15-9-13-20(16-21,17-10-5-4-6-11-17)18-12-7-8-14-22-18/h4-8,10-12,14H,3,9,13,15H2,1-2H3. The molecule has 1 aromatic carbocycles. The van der Waals surface area contributed by atoms with E-state index in [9.17, 15) is 10.1 Å². The maximum absolute atomic E-state index is 11.7. The van der Waals surface area contributed by atoms with Crippen LogP contribution in [0.2, 0.25) is 0 Å². The zero-order valence-electron chi connectivity index (χ0n) is 14.7. The molecule has 5 nitrogen and oxygen atoms in total. The van der Waals surface area contributed by atoms with Gasteiger partial charge in [-0.25, -0.2) is 4.79 Å². The summed E-state index contributed by atoms with van der Waals surface area (Å²) in [5.41, 5.74) is 0.801. The lowest BCUT2D eigenvalue weighted by Gasteiger charge is -2.27. The van der Waals surface area contributed by atoms with Crippen LogP contribution in [0.5, 0.6) is 0 Å². The Morgan fingerprint density at radius 3 is 2.56 bits per heavy atom. The smallest absolute Gasteiger partial charge is 0.409 e. The van der Waals surface area contributed by atoms with Crippen LogP contribution >= 0.6 is 0 Å². The van der Waals surface area contributed by atoms with E-state index in [0.717, 1.165) is 11.3 Å². The van der Waals surface area contributed by atoms with E-state index in [-0.39, 0.29) is 6.09 Å².